The smallest absolute Gasteiger partial charge is 0.153 e. The molecule has 0 aliphatic heterocycles. The van der Waals surface area contributed by atoms with Crippen LogP contribution in [0.15, 0.2) is 22.7 Å². The molecule has 1 rings (SSSR count). The third-order valence-electron chi connectivity index (χ3n) is 2.56. The summed E-state index contributed by atoms with van der Waals surface area (Å²) in [6.45, 7) is 3.63. The highest BCUT2D eigenvalue weighted by molar-refractivity contribution is 9.10. The van der Waals surface area contributed by atoms with Crippen molar-refractivity contribution in [1.82, 2.24) is 0 Å². The SMILES string of the molecule is CCS(=O)(=O)CCOc1cc(Br)ccc1[C@H](C)N. The van der Waals surface area contributed by atoms with E-state index >= 15 is 0 Å². The van der Waals surface area contributed by atoms with E-state index in [2.05, 4.69) is 15.9 Å². The van der Waals surface area contributed by atoms with Crippen molar-refractivity contribution in [3.05, 3.63) is 28.2 Å². The summed E-state index contributed by atoms with van der Waals surface area (Å²) in [6.07, 6.45) is 0. The standard InChI is InChI=1S/C12H18BrNO3S/c1-3-18(15,16)7-6-17-12-8-10(13)4-5-11(12)9(2)14/h4-5,8-9H,3,6-7,14H2,1-2H3/t9-/m0/s1. The molecule has 1 aromatic carbocycles. The van der Waals surface area contributed by atoms with E-state index in [1.54, 1.807) is 13.0 Å². The first-order chi connectivity index (χ1) is 8.35. The minimum Gasteiger partial charge on any atom is -0.492 e. The molecule has 6 heteroatoms. The maximum atomic E-state index is 11.4. The lowest BCUT2D eigenvalue weighted by Crippen LogP contribution is -2.17. The Balaban J connectivity index is 2.75. The lowest BCUT2D eigenvalue weighted by molar-refractivity contribution is 0.335. The fraction of sp³-hybridized carbons (Fsp3) is 0.500. The van der Waals surface area contributed by atoms with Crippen molar-refractivity contribution in [2.75, 3.05) is 18.1 Å². The molecule has 0 unspecified atom stereocenters. The van der Waals surface area contributed by atoms with Gasteiger partial charge in [-0.1, -0.05) is 28.9 Å². The Labute approximate surface area is 117 Å². The Bertz CT molecular complexity index is 500. The number of benzene rings is 1. The molecule has 0 saturated heterocycles. The van der Waals surface area contributed by atoms with Crippen molar-refractivity contribution in [2.45, 2.75) is 19.9 Å². The number of halogens is 1. The Kier molecular flexibility index (Phi) is 5.62. The van der Waals surface area contributed by atoms with Crippen molar-refractivity contribution < 1.29 is 13.2 Å². The van der Waals surface area contributed by atoms with Gasteiger partial charge in [-0.25, -0.2) is 8.42 Å². The summed E-state index contributed by atoms with van der Waals surface area (Å²) in [7, 11) is -3.00. The number of ether oxygens (including phenoxy) is 1. The molecular weight excluding hydrogens is 318 g/mol. The summed E-state index contributed by atoms with van der Waals surface area (Å²) in [5.41, 5.74) is 6.70. The van der Waals surface area contributed by atoms with Crippen LogP contribution in [0.5, 0.6) is 5.75 Å². The molecule has 0 aromatic heterocycles. The molecule has 1 aromatic rings. The van der Waals surface area contributed by atoms with Crippen LogP contribution in [0.1, 0.15) is 25.5 Å². The van der Waals surface area contributed by atoms with Crippen molar-refractivity contribution in [3.8, 4) is 5.75 Å². The topological polar surface area (TPSA) is 69.4 Å². The highest BCUT2D eigenvalue weighted by Gasteiger charge is 2.11. The first-order valence-electron chi connectivity index (χ1n) is 5.74. The zero-order chi connectivity index (χ0) is 13.8. The van der Waals surface area contributed by atoms with Crippen molar-refractivity contribution in [1.29, 1.82) is 0 Å². The van der Waals surface area contributed by atoms with E-state index in [1.807, 2.05) is 19.1 Å². The molecule has 0 aliphatic carbocycles. The summed E-state index contributed by atoms with van der Waals surface area (Å²) >= 11 is 3.35. The molecule has 18 heavy (non-hydrogen) atoms. The van der Waals surface area contributed by atoms with E-state index in [9.17, 15) is 8.42 Å². The quantitative estimate of drug-likeness (QED) is 0.865. The molecule has 0 heterocycles. The zero-order valence-electron chi connectivity index (χ0n) is 10.5. The third-order valence-corrected chi connectivity index (χ3v) is 4.72. The van der Waals surface area contributed by atoms with E-state index in [-0.39, 0.29) is 24.2 Å². The molecule has 0 spiro atoms. The van der Waals surface area contributed by atoms with Crippen LogP contribution in [0.3, 0.4) is 0 Å². The molecule has 0 aliphatic rings. The fourth-order valence-electron chi connectivity index (χ4n) is 1.43. The Morgan fingerprint density at radius 1 is 1.44 bits per heavy atom. The molecular formula is C12H18BrNO3S. The molecule has 0 fully saturated rings. The monoisotopic (exact) mass is 335 g/mol. The zero-order valence-corrected chi connectivity index (χ0v) is 12.9. The molecule has 1 atom stereocenters. The summed E-state index contributed by atoms with van der Waals surface area (Å²) in [6, 6.07) is 5.40. The van der Waals surface area contributed by atoms with Gasteiger partial charge in [-0.2, -0.15) is 0 Å². The Morgan fingerprint density at radius 2 is 2.11 bits per heavy atom. The predicted molar refractivity (Wildman–Crippen MR) is 76.6 cm³/mol. The molecule has 0 radical (unpaired) electrons. The molecule has 0 bridgehead atoms. The normalized spacial score (nSPS) is 13.3. The van der Waals surface area contributed by atoms with E-state index in [1.165, 1.54) is 0 Å². The highest BCUT2D eigenvalue weighted by atomic mass is 79.9. The largest absolute Gasteiger partial charge is 0.492 e. The summed E-state index contributed by atoms with van der Waals surface area (Å²) < 4.78 is 29.1. The van der Waals surface area contributed by atoms with Gasteiger partial charge in [-0.3, -0.25) is 0 Å². The minimum atomic E-state index is -3.00. The van der Waals surface area contributed by atoms with Gasteiger partial charge in [0, 0.05) is 21.8 Å². The average molecular weight is 336 g/mol. The molecule has 0 amide bonds. The summed E-state index contributed by atoms with van der Waals surface area (Å²) in [5, 5.41) is 0. The van der Waals surface area contributed by atoms with Crippen LogP contribution >= 0.6 is 15.9 Å². The van der Waals surface area contributed by atoms with Crippen LogP contribution in [-0.4, -0.2) is 26.5 Å². The summed E-state index contributed by atoms with van der Waals surface area (Å²) in [5.74, 6) is 0.786. The molecule has 2 N–H and O–H groups in total. The van der Waals surface area contributed by atoms with E-state index in [0.29, 0.717) is 5.75 Å². The molecule has 4 nitrogen and oxygen atoms in total. The van der Waals surface area contributed by atoms with Gasteiger partial charge in [0.05, 0.1) is 5.75 Å². The van der Waals surface area contributed by atoms with Crippen LogP contribution < -0.4 is 10.5 Å². The number of hydrogen-bond donors (Lipinski definition) is 1. The maximum absolute atomic E-state index is 11.4. The van der Waals surface area contributed by atoms with Crippen LogP contribution in [0.2, 0.25) is 0 Å². The van der Waals surface area contributed by atoms with Crippen molar-refractivity contribution in [3.63, 3.8) is 0 Å². The summed E-state index contributed by atoms with van der Waals surface area (Å²) in [4.78, 5) is 0. The first-order valence-corrected chi connectivity index (χ1v) is 8.35. The predicted octanol–water partition coefficient (Wildman–Crippen LogP) is 2.28. The van der Waals surface area contributed by atoms with Gasteiger partial charge in [0.1, 0.15) is 12.4 Å². The number of rotatable bonds is 6. The van der Waals surface area contributed by atoms with Crippen molar-refractivity contribution in [2.24, 2.45) is 5.73 Å². The highest BCUT2D eigenvalue weighted by Crippen LogP contribution is 2.27. The second-order valence-electron chi connectivity index (χ2n) is 4.06. The van der Waals surface area contributed by atoms with Crippen molar-refractivity contribution >= 4 is 25.8 Å². The second-order valence-corrected chi connectivity index (χ2v) is 7.44. The average Bonchev–Trinajstić information content (AvgIpc) is 2.28. The maximum Gasteiger partial charge on any atom is 0.153 e. The van der Waals surface area contributed by atoms with E-state index < -0.39 is 9.84 Å². The Morgan fingerprint density at radius 3 is 2.67 bits per heavy atom. The number of nitrogens with two attached hydrogens (primary N) is 1. The Hall–Kier alpha value is -0.590. The van der Waals surface area contributed by atoms with Gasteiger partial charge in [-0.05, 0) is 19.1 Å². The van der Waals surface area contributed by atoms with Gasteiger partial charge in [0.15, 0.2) is 9.84 Å². The van der Waals surface area contributed by atoms with Gasteiger partial charge in [-0.15, -0.1) is 0 Å². The van der Waals surface area contributed by atoms with Crippen LogP contribution in [-0.2, 0) is 9.84 Å². The lowest BCUT2D eigenvalue weighted by Gasteiger charge is -2.14. The first kappa shape index (κ1) is 15.5. The lowest BCUT2D eigenvalue weighted by atomic mass is 10.1. The van der Waals surface area contributed by atoms with Gasteiger partial charge >= 0.3 is 0 Å². The van der Waals surface area contributed by atoms with Crippen LogP contribution in [0.25, 0.3) is 0 Å². The van der Waals surface area contributed by atoms with Crippen LogP contribution in [0.4, 0.5) is 0 Å². The van der Waals surface area contributed by atoms with E-state index in [4.69, 9.17) is 10.5 Å². The fourth-order valence-corrected chi connectivity index (χ4v) is 2.40. The van der Waals surface area contributed by atoms with E-state index in [0.717, 1.165) is 10.0 Å². The van der Waals surface area contributed by atoms with Gasteiger partial charge < -0.3 is 10.5 Å². The minimum absolute atomic E-state index is 0.0222. The number of hydrogen-bond acceptors (Lipinski definition) is 4. The molecule has 0 saturated carbocycles. The number of sulfone groups is 1. The van der Waals surface area contributed by atoms with Gasteiger partial charge in [0.25, 0.3) is 0 Å². The third kappa shape index (κ3) is 4.59. The second kappa shape index (κ2) is 6.54. The van der Waals surface area contributed by atoms with Gasteiger partial charge in [0.2, 0.25) is 0 Å². The van der Waals surface area contributed by atoms with Crippen LogP contribution in [0, 0.1) is 0 Å². The molecule has 102 valence electrons.